The molecule has 0 aliphatic heterocycles. The minimum Gasteiger partial charge on any atom is -0.354 e. The van der Waals surface area contributed by atoms with Crippen LogP contribution in [0.5, 0.6) is 0 Å². The van der Waals surface area contributed by atoms with Gasteiger partial charge in [-0.3, -0.25) is 13.9 Å². The Balaban J connectivity index is 2.26. The highest BCUT2D eigenvalue weighted by molar-refractivity contribution is 7.92. The number of amides is 2. The molecule has 10 heteroatoms. The van der Waals surface area contributed by atoms with Crippen LogP contribution in [0.25, 0.3) is 0 Å². The third-order valence-corrected chi connectivity index (χ3v) is 7.99. The van der Waals surface area contributed by atoms with Gasteiger partial charge >= 0.3 is 0 Å². The predicted octanol–water partition coefficient (Wildman–Crippen LogP) is 5.74. The summed E-state index contributed by atoms with van der Waals surface area (Å²) in [6.45, 7) is 10.5. The Kier molecular flexibility index (Phi) is 11.9. The highest BCUT2D eigenvalue weighted by Crippen LogP contribution is 2.25. The first kappa shape index (κ1) is 31.9. The van der Waals surface area contributed by atoms with E-state index in [1.807, 2.05) is 52.8 Å². The van der Waals surface area contributed by atoms with Crippen molar-refractivity contribution >= 4 is 50.7 Å². The van der Waals surface area contributed by atoms with Crippen LogP contribution in [0.3, 0.4) is 0 Å². The molecule has 2 aromatic carbocycles. The number of sulfonamides is 1. The fourth-order valence-electron chi connectivity index (χ4n) is 4.28. The van der Waals surface area contributed by atoms with Crippen LogP contribution in [-0.4, -0.2) is 50.5 Å². The van der Waals surface area contributed by atoms with Crippen molar-refractivity contribution in [3.63, 3.8) is 0 Å². The van der Waals surface area contributed by atoms with Gasteiger partial charge in [-0.15, -0.1) is 0 Å². The molecule has 0 heterocycles. The number of rotatable bonds is 13. The summed E-state index contributed by atoms with van der Waals surface area (Å²) in [7, 11) is -3.56. The average Bonchev–Trinajstić information content (AvgIpc) is 2.80. The third-order valence-electron chi connectivity index (χ3n) is 6.05. The summed E-state index contributed by atoms with van der Waals surface area (Å²) in [6.07, 6.45) is 1.96. The van der Waals surface area contributed by atoms with Crippen molar-refractivity contribution < 1.29 is 18.0 Å². The molecule has 2 aromatic rings. The van der Waals surface area contributed by atoms with Gasteiger partial charge in [0.1, 0.15) is 6.04 Å². The zero-order valence-electron chi connectivity index (χ0n) is 23.1. The lowest BCUT2D eigenvalue weighted by Crippen LogP contribution is -2.49. The number of nitrogens with zero attached hydrogens (tertiary/aromatic N) is 2. The van der Waals surface area contributed by atoms with Crippen molar-refractivity contribution in [3.8, 4) is 0 Å². The van der Waals surface area contributed by atoms with Crippen LogP contribution in [0.1, 0.15) is 56.7 Å². The third kappa shape index (κ3) is 9.47. The molecule has 0 saturated heterocycles. The SMILES string of the molecule is CC[C@H](C(=O)NCC(C)C)N(Cc1ccc(Cl)c(Cl)c1)C(=O)CCCN(c1cc(C)cc(C)c1)S(C)(=O)=O. The molecule has 0 saturated carbocycles. The maximum absolute atomic E-state index is 13.5. The van der Waals surface area contributed by atoms with Crippen LogP contribution in [0, 0.1) is 19.8 Å². The Morgan fingerprint density at radius 2 is 1.63 bits per heavy atom. The van der Waals surface area contributed by atoms with E-state index in [0.29, 0.717) is 35.1 Å². The van der Waals surface area contributed by atoms with Crippen LogP contribution in [-0.2, 0) is 26.2 Å². The first-order valence-electron chi connectivity index (χ1n) is 12.8. The lowest BCUT2D eigenvalue weighted by molar-refractivity contribution is -0.141. The molecule has 2 rings (SSSR count). The quantitative estimate of drug-likeness (QED) is 0.326. The van der Waals surface area contributed by atoms with E-state index >= 15 is 0 Å². The molecule has 0 aliphatic carbocycles. The first-order chi connectivity index (χ1) is 17.7. The molecular weight excluding hydrogens is 545 g/mol. The molecule has 1 atom stereocenters. The summed E-state index contributed by atoms with van der Waals surface area (Å²) in [5.41, 5.74) is 3.23. The molecule has 0 unspecified atom stereocenters. The van der Waals surface area contributed by atoms with E-state index in [1.54, 1.807) is 23.1 Å². The van der Waals surface area contributed by atoms with Crippen molar-refractivity contribution in [1.29, 1.82) is 0 Å². The smallest absolute Gasteiger partial charge is 0.242 e. The van der Waals surface area contributed by atoms with E-state index in [1.165, 1.54) is 4.31 Å². The zero-order chi connectivity index (χ0) is 28.6. The van der Waals surface area contributed by atoms with E-state index in [4.69, 9.17) is 23.2 Å². The summed E-state index contributed by atoms with van der Waals surface area (Å²) in [5, 5.41) is 3.71. The Bertz CT molecular complexity index is 1210. The highest BCUT2D eigenvalue weighted by atomic mass is 35.5. The molecule has 38 heavy (non-hydrogen) atoms. The zero-order valence-corrected chi connectivity index (χ0v) is 25.4. The van der Waals surface area contributed by atoms with Crippen molar-refractivity contribution in [3.05, 3.63) is 63.1 Å². The van der Waals surface area contributed by atoms with Gasteiger partial charge in [0.25, 0.3) is 0 Å². The lowest BCUT2D eigenvalue weighted by atomic mass is 10.1. The van der Waals surface area contributed by atoms with Crippen LogP contribution in [0.2, 0.25) is 10.0 Å². The molecule has 0 fully saturated rings. The van der Waals surface area contributed by atoms with Crippen molar-refractivity contribution in [1.82, 2.24) is 10.2 Å². The van der Waals surface area contributed by atoms with Gasteiger partial charge in [-0.25, -0.2) is 8.42 Å². The van der Waals surface area contributed by atoms with Crippen LogP contribution >= 0.6 is 23.2 Å². The number of hydrogen-bond acceptors (Lipinski definition) is 4. The van der Waals surface area contributed by atoms with Crippen molar-refractivity contribution in [2.75, 3.05) is 23.7 Å². The van der Waals surface area contributed by atoms with E-state index in [-0.39, 0.29) is 37.2 Å². The van der Waals surface area contributed by atoms with Crippen LogP contribution in [0.4, 0.5) is 5.69 Å². The Labute approximate surface area is 237 Å². The monoisotopic (exact) mass is 583 g/mol. The van der Waals surface area contributed by atoms with Gasteiger partial charge in [0, 0.05) is 26.1 Å². The summed E-state index contributed by atoms with van der Waals surface area (Å²) >= 11 is 12.3. The van der Waals surface area contributed by atoms with E-state index in [2.05, 4.69) is 5.32 Å². The molecule has 0 aromatic heterocycles. The molecule has 0 bridgehead atoms. The molecule has 0 radical (unpaired) electrons. The number of carbonyl (C=O) groups is 2. The lowest BCUT2D eigenvalue weighted by Gasteiger charge is -2.31. The molecule has 7 nitrogen and oxygen atoms in total. The Morgan fingerprint density at radius 1 is 1.00 bits per heavy atom. The van der Waals surface area contributed by atoms with Gasteiger partial charge in [-0.2, -0.15) is 0 Å². The average molecular weight is 585 g/mol. The highest BCUT2D eigenvalue weighted by Gasteiger charge is 2.29. The maximum Gasteiger partial charge on any atom is 0.242 e. The molecule has 2 amide bonds. The van der Waals surface area contributed by atoms with E-state index < -0.39 is 16.1 Å². The van der Waals surface area contributed by atoms with Crippen LogP contribution < -0.4 is 9.62 Å². The second-order valence-corrected chi connectivity index (χ2v) is 12.8. The largest absolute Gasteiger partial charge is 0.354 e. The summed E-state index contributed by atoms with van der Waals surface area (Å²) in [4.78, 5) is 28.1. The van der Waals surface area contributed by atoms with Crippen molar-refractivity contribution in [2.24, 2.45) is 5.92 Å². The number of carbonyl (C=O) groups excluding carboxylic acids is 2. The van der Waals surface area contributed by atoms with Gasteiger partial charge in [-0.1, -0.05) is 56.1 Å². The molecule has 210 valence electrons. The van der Waals surface area contributed by atoms with Gasteiger partial charge in [0.05, 0.1) is 22.0 Å². The minimum atomic E-state index is -3.56. The number of aryl methyl sites for hydroxylation is 2. The summed E-state index contributed by atoms with van der Waals surface area (Å²) < 4.78 is 26.5. The molecule has 1 N–H and O–H groups in total. The van der Waals surface area contributed by atoms with Crippen molar-refractivity contribution in [2.45, 2.75) is 66.5 Å². The number of benzene rings is 2. The molecule has 0 spiro atoms. The topological polar surface area (TPSA) is 86.8 Å². The standard InChI is InChI=1S/C28H39Cl2N3O4S/c1-7-26(28(35)31-17-19(2)3)32(18-22-10-11-24(29)25(30)16-22)27(34)9-8-12-33(38(6,36)37)23-14-20(4)13-21(5)15-23/h10-11,13-16,19,26H,7-9,12,17-18H2,1-6H3,(H,31,35)/t26-/m1/s1. The Hall–Kier alpha value is -2.29. The first-order valence-corrected chi connectivity index (χ1v) is 15.4. The van der Waals surface area contributed by atoms with E-state index in [9.17, 15) is 18.0 Å². The fraction of sp³-hybridized carbons (Fsp3) is 0.500. The summed E-state index contributed by atoms with van der Waals surface area (Å²) in [5.74, 6) is -0.193. The number of anilines is 1. The number of hydrogen-bond donors (Lipinski definition) is 1. The normalized spacial score (nSPS) is 12.3. The second-order valence-electron chi connectivity index (χ2n) is 10.1. The summed E-state index contributed by atoms with van der Waals surface area (Å²) in [6, 6.07) is 10.1. The maximum atomic E-state index is 13.5. The van der Waals surface area contributed by atoms with Gasteiger partial charge < -0.3 is 10.2 Å². The van der Waals surface area contributed by atoms with Gasteiger partial charge in [0.15, 0.2) is 0 Å². The van der Waals surface area contributed by atoms with E-state index in [0.717, 1.165) is 22.9 Å². The Morgan fingerprint density at radius 3 is 2.16 bits per heavy atom. The van der Waals surface area contributed by atoms with Gasteiger partial charge in [0.2, 0.25) is 21.8 Å². The molecule has 0 aliphatic rings. The minimum absolute atomic E-state index is 0.0755. The number of halogens is 2. The molecular formula is C28H39Cl2N3O4S. The van der Waals surface area contributed by atoms with Gasteiger partial charge in [-0.05, 0) is 73.6 Å². The second kappa shape index (κ2) is 14.2. The predicted molar refractivity (Wildman–Crippen MR) is 156 cm³/mol. The van der Waals surface area contributed by atoms with Crippen LogP contribution in [0.15, 0.2) is 36.4 Å². The fourth-order valence-corrected chi connectivity index (χ4v) is 5.55. The number of nitrogens with one attached hydrogen (secondary N) is 1.